The lowest BCUT2D eigenvalue weighted by molar-refractivity contribution is -0.384. The number of nitrogens with one attached hydrogen (secondary N) is 1. The third-order valence-corrected chi connectivity index (χ3v) is 4.80. The summed E-state index contributed by atoms with van der Waals surface area (Å²) in [6.45, 7) is 5.07. The number of benzene rings is 2. The molecule has 0 saturated heterocycles. The molecule has 0 aliphatic heterocycles. The lowest BCUT2D eigenvalue weighted by Crippen LogP contribution is -2.25. The topological polar surface area (TPSA) is 98.5 Å². The minimum absolute atomic E-state index is 0.0160. The number of thioether (sulfide) groups is 1. The summed E-state index contributed by atoms with van der Waals surface area (Å²) in [5, 5.41) is 12.8. The molecule has 2 aromatic rings. The van der Waals surface area contributed by atoms with Crippen molar-refractivity contribution in [2.45, 2.75) is 30.9 Å². The molecular weight excluding hydrogens is 368 g/mol. The number of hydrogen-bond acceptors (Lipinski definition) is 6. The average molecular weight is 388 g/mol. The number of ether oxygens (including phenoxy) is 1. The Labute approximate surface area is 161 Å². The SMILES string of the molecule is Cc1ccc(C)c(NC(=O)COC(=O)[C@@H](C)Sc2ccc([N+](=O)[O-])cc2)c1. The van der Waals surface area contributed by atoms with Gasteiger partial charge in [0.2, 0.25) is 0 Å². The number of hydrogen-bond donors (Lipinski definition) is 1. The second kappa shape index (κ2) is 9.18. The van der Waals surface area contributed by atoms with Crippen molar-refractivity contribution in [2.75, 3.05) is 11.9 Å². The third kappa shape index (κ3) is 6.10. The van der Waals surface area contributed by atoms with Gasteiger partial charge < -0.3 is 10.1 Å². The van der Waals surface area contributed by atoms with E-state index in [9.17, 15) is 19.7 Å². The molecule has 2 rings (SSSR count). The number of nitro groups is 1. The highest BCUT2D eigenvalue weighted by Gasteiger charge is 2.18. The quantitative estimate of drug-likeness (QED) is 0.335. The predicted molar refractivity (Wildman–Crippen MR) is 104 cm³/mol. The number of aryl methyl sites for hydroxylation is 2. The molecule has 2 aromatic carbocycles. The summed E-state index contributed by atoms with van der Waals surface area (Å²) >= 11 is 1.20. The van der Waals surface area contributed by atoms with E-state index in [1.165, 1.54) is 23.9 Å². The molecule has 142 valence electrons. The first-order valence-electron chi connectivity index (χ1n) is 8.21. The van der Waals surface area contributed by atoms with Gasteiger partial charge in [-0.1, -0.05) is 12.1 Å². The van der Waals surface area contributed by atoms with Crippen molar-refractivity contribution >= 4 is 35.0 Å². The molecule has 0 heterocycles. The number of esters is 1. The van der Waals surface area contributed by atoms with Crippen LogP contribution in [-0.2, 0) is 14.3 Å². The van der Waals surface area contributed by atoms with E-state index in [4.69, 9.17) is 4.74 Å². The first-order chi connectivity index (χ1) is 12.8. The zero-order valence-corrected chi connectivity index (χ0v) is 16.0. The Morgan fingerprint density at radius 3 is 2.48 bits per heavy atom. The summed E-state index contributed by atoms with van der Waals surface area (Å²) < 4.78 is 5.06. The summed E-state index contributed by atoms with van der Waals surface area (Å²) in [6.07, 6.45) is 0. The van der Waals surface area contributed by atoms with Gasteiger partial charge in [-0.05, 0) is 50.1 Å². The molecular formula is C19H20N2O5S. The molecule has 1 atom stereocenters. The van der Waals surface area contributed by atoms with Crippen LogP contribution in [0.3, 0.4) is 0 Å². The van der Waals surface area contributed by atoms with Crippen LogP contribution in [0.1, 0.15) is 18.1 Å². The lowest BCUT2D eigenvalue weighted by Gasteiger charge is -2.12. The van der Waals surface area contributed by atoms with E-state index in [1.54, 1.807) is 19.1 Å². The molecule has 27 heavy (non-hydrogen) atoms. The second-order valence-electron chi connectivity index (χ2n) is 5.99. The summed E-state index contributed by atoms with van der Waals surface area (Å²) in [5.74, 6) is -0.945. The van der Waals surface area contributed by atoms with Crippen molar-refractivity contribution in [3.8, 4) is 0 Å². The van der Waals surface area contributed by atoms with Crippen molar-refractivity contribution in [1.29, 1.82) is 0 Å². The normalized spacial score (nSPS) is 11.5. The fourth-order valence-corrected chi connectivity index (χ4v) is 3.08. The molecule has 8 heteroatoms. The van der Waals surface area contributed by atoms with E-state index < -0.39 is 22.0 Å². The smallest absolute Gasteiger partial charge is 0.319 e. The van der Waals surface area contributed by atoms with E-state index >= 15 is 0 Å². The summed E-state index contributed by atoms with van der Waals surface area (Å²) in [6, 6.07) is 11.6. The molecule has 0 unspecified atom stereocenters. The van der Waals surface area contributed by atoms with Crippen LogP contribution >= 0.6 is 11.8 Å². The van der Waals surface area contributed by atoms with Gasteiger partial charge in [0.15, 0.2) is 6.61 Å². The van der Waals surface area contributed by atoms with Gasteiger partial charge in [-0.25, -0.2) is 0 Å². The lowest BCUT2D eigenvalue weighted by atomic mass is 10.1. The number of non-ortho nitro benzene ring substituents is 1. The molecule has 1 amide bonds. The zero-order chi connectivity index (χ0) is 20.0. The Bertz CT molecular complexity index is 852. The Balaban J connectivity index is 1.84. The van der Waals surface area contributed by atoms with E-state index in [1.807, 2.05) is 32.0 Å². The zero-order valence-electron chi connectivity index (χ0n) is 15.2. The fourth-order valence-electron chi connectivity index (χ4n) is 2.21. The maximum Gasteiger partial charge on any atom is 0.319 e. The van der Waals surface area contributed by atoms with Crippen LogP contribution in [-0.4, -0.2) is 28.7 Å². The predicted octanol–water partition coefficient (Wildman–Crippen LogP) is 3.87. The summed E-state index contributed by atoms with van der Waals surface area (Å²) in [5.41, 5.74) is 2.60. The maximum absolute atomic E-state index is 12.1. The van der Waals surface area contributed by atoms with Crippen LogP contribution in [0, 0.1) is 24.0 Å². The Hall–Kier alpha value is -2.87. The number of carbonyl (C=O) groups is 2. The molecule has 0 fully saturated rings. The van der Waals surface area contributed by atoms with Gasteiger partial charge in [-0.15, -0.1) is 11.8 Å². The van der Waals surface area contributed by atoms with Crippen LogP contribution in [0.4, 0.5) is 11.4 Å². The monoisotopic (exact) mass is 388 g/mol. The van der Waals surface area contributed by atoms with Gasteiger partial charge in [0.05, 0.1) is 4.92 Å². The molecule has 0 radical (unpaired) electrons. The van der Waals surface area contributed by atoms with Gasteiger partial charge in [0.25, 0.3) is 11.6 Å². The Kier molecular flexibility index (Phi) is 6.95. The van der Waals surface area contributed by atoms with Gasteiger partial charge in [0, 0.05) is 22.7 Å². The number of rotatable bonds is 7. The highest BCUT2D eigenvalue weighted by Crippen LogP contribution is 2.26. The van der Waals surface area contributed by atoms with Gasteiger partial charge in [0.1, 0.15) is 5.25 Å². The van der Waals surface area contributed by atoms with Crippen LogP contribution < -0.4 is 5.32 Å². The van der Waals surface area contributed by atoms with Crippen LogP contribution in [0.15, 0.2) is 47.4 Å². The highest BCUT2D eigenvalue weighted by atomic mass is 32.2. The summed E-state index contributed by atoms with van der Waals surface area (Å²) in [4.78, 5) is 34.9. The number of nitro benzene ring substituents is 1. The van der Waals surface area contributed by atoms with Crippen molar-refractivity contribution in [2.24, 2.45) is 0 Å². The number of nitrogens with zero attached hydrogens (tertiary/aromatic N) is 1. The minimum atomic E-state index is -0.556. The number of anilines is 1. The van der Waals surface area contributed by atoms with Crippen molar-refractivity contribution < 1.29 is 19.2 Å². The molecule has 0 aromatic heterocycles. The van der Waals surface area contributed by atoms with Crippen LogP contribution in [0.5, 0.6) is 0 Å². The number of amides is 1. The first kappa shape index (κ1) is 20.4. The fraction of sp³-hybridized carbons (Fsp3) is 0.263. The van der Waals surface area contributed by atoms with Crippen molar-refractivity contribution in [3.05, 3.63) is 63.7 Å². The third-order valence-electron chi connectivity index (χ3n) is 3.71. The second-order valence-corrected chi connectivity index (χ2v) is 7.40. The van der Waals surface area contributed by atoms with E-state index in [2.05, 4.69) is 5.32 Å². The van der Waals surface area contributed by atoms with E-state index in [-0.39, 0.29) is 12.3 Å². The van der Waals surface area contributed by atoms with Crippen molar-refractivity contribution in [3.63, 3.8) is 0 Å². The summed E-state index contributed by atoms with van der Waals surface area (Å²) in [7, 11) is 0. The molecule has 0 saturated carbocycles. The van der Waals surface area contributed by atoms with Crippen LogP contribution in [0.2, 0.25) is 0 Å². The van der Waals surface area contributed by atoms with Crippen LogP contribution in [0.25, 0.3) is 0 Å². The molecule has 0 spiro atoms. The largest absolute Gasteiger partial charge is 0.455 e. The number of carbonyl (C=O) groups excluding carboxylic acids is 2. The highest BCUT2D eigenvalue weighted by molar-refractivity contribution is 8.00. The molecule has 0 aliphatic carbocycles. The Morgan fingerprint density at radius 1 is 1.19 bits per heavy atom. The maximum atomic E-state index is 12.1. The van der Waals surface area contributed by atoms with Gasteiger partial charge in [-0.2, -0.15) is 0 Å². The van der Waals surface area contributed by atoms with E-state index in [0.29, 0.717) is 10.6 Å². The van der Waals surface area contributed by atoms with Crippen molar-refractivity contribution in [1.82, 2.24) is 0 Å². The molecule has 1 N–H and O–H groups in total. The standard InChI is InChI=1S/C19H20N2O5S/c1-12-4-5-13(2)17(10-12)20-18(22)11-26-19(23)14(3)27-16-8-6-15(7-9-16)21(24)25/h4-10,14H,11H2,1-3H3,(H,20,22)/t14-/m1/s1. The molecule has 7 nitrogen and oxygen atoms in total. The minimum Gasteiger partial charge on any atom is -0.455 e. The molecule has 0 bridgehead atoms. The Morgan fingerprint density at radius 2 is 1.85 bits per heavy atom. The van der Waals surface area contributed by atoms with Gasteiger partial charge in [-0.3, -0.25) is 19.7 Å². The average Bonchev–Trinajstić information content (AvgIpc) is 2.63. The van der Waals surface area contributed by atoms with Gasteiger partial charge >= 0.3 is 5.97 Å². The molecule has 0 aliphatic rings. The first-order valence-corrected chi connectivity index (χ1v) is 9.09. The van der Waals surface area contributed by atoms with E-state index in [0.717, 1.165) is 11.1 Å².